The topological polar surface area (TPSA) is 49.8 Å². The van der Waals surface area contributed by atoms with Gasteiger partial charge >= 0.3 is 0 Å². The van der Waals surface area contributed by atoms with Gasteiger partial charge in [-0.1, -0.05) is 6.92 Å². The van der Waals surface area contributed by atoms with Crippen LogP contribution >= 0.6 is 0 Å². The van der Waals surface area contributed by atoms with Crippen molar-refractivity contribution in [2.75, 3.05) is 26.3 Å². The van der Waals surface area contributed by atoms with Gasteiger partial charge in [0.25, 0.3) is 0 Å². The Morgan fingerprint density at radius 3 is 2.67 bits per heavy atom. The third kappa shape index (κ3) is 2.15. The first-order valence-electron chi connectivity index (χ1n) is 5.46. The lowest BCUT2D eigenvalue weighted by atomic mass is 9.91. The number of rotatable bonds is 1. The van der Waals surface area contributed by atoms with Crippen molar-refractivity contribution in [1.82, 2.24) is 4.90 Å². The first kappa shape index (κ1) is 10.5. The van der Waals surface area contributed by atoms with Crippen LogP contribution < -0.4 is 0 Å². The van der Waals surface area contributed by atoms with E-state index in [4.69, 9.17) is 4.74 Å². The molecule has 1 unspecified atom stereocenters. The Morgan fingerprint density at radius 2 is 2.00 bits per heavy atom. The average molecular weight is 211 g/mol. The van der Waals surface area contributed by atoms with E-state index in [0.717, 1.165) is 25.2 Å². The van der Waals surface area contributed by atoms with Crippen molar-refractivity contribution in [1.29, 1.82) is 0 Å². The first-order chi connectivity index (χ1) is 7.18. The van der Waals surface area contributed by atoms with Gasteiger partial charge in [-0.3, -0.25) is 4.79 Å². The maximum absolute atomic E-state index is 11.5. The molecule has 15 heavy (non-hydrogen) atoms. The van der Waals surface area contributed by atoms with Gasteiger partial charge in [-0.2, -0.15) is 0 Å². The van der Waals surface area contributed by atoms with E-state index in [2.05, 4.69) is 4.90 Å². The SMILES string of the molecule is CC1CC(=O)C(O)=C(N2CCOCC2)C1. The van der Waals surface area contributed by atoms with E-state index in [1.807, 2.05) is 6.92 Å². The summed E-state index contributed by atoms with van der Waals surface area (Å²) in [5.41, 5.74) is 0.821. The Labute approximate surface area is 89.5 Å². The van der Waals surface area contributed by atoms with E-state index in [1.54, 1.807) is 0 Å². The molecule has 0 aromatic carbocycles. The zero-order valence-electron chi connectivity index (χ0n) is 9.03. The van der Waals surface area contributed by atoms with E-state index in [9.17, 15) is 9.90 Å². The summed E-state index contributed by atoms with van der Waals surface area (Å²) in [6, 6.07) is 0. The minimum Gasteiger partial charge on any atom is -0.503 e. The summed E-state index contributed by atoms with van der Waals surface area (Å²) in [7, 11) is 0. The number of aliphatic hydroxyl groups excluding tert-OH is 1. The van der Waals surface area contributed by atoms with E-state index >= 15 is 0 Å². The van der Waals surface area contributed by atoms with Crippen molar-refractivity contribution in [3.8, 4) is 0 Å². The number of carbonyl (C=O) groups excluding carboxylic acids is 1. The van der Waals surface area contributed by atoms with Crippen molar-refractivity contribution >= 4 is 5.78 Å². The largest absolute Gasteiger partial charge is 0.503 e. The second-order valence-electron chi connectivity index (χ2n) is 4.33. The molecule has 0 aromatic heterocycles. The molecule has 1 aliphatic carbocycles. The molecule has 4 nitrogen and oxygen atoms in total. The van der Waals surface area contributed by atoms with Crippen LogP contribution in [0.3, 0.4) is 0 Å². The van der Waals surface area contributed by atoms with Gasteiger partial charge in [0.15, 0.2) is 11.5 Å². The van der Waals surface area contributed by atoms with Crippen LogP contribution in [0.5, 0.6) is 0 Å². The minimum absolute atomic E-state index is 0.0185. The highest BCUT2D eigenvalue weighted by atomic mass is 16.5. The summed E-state index contributed by atoms with van der Waals surface area (Å²) < 4.78 is 5.25. The number of Topliss-reactive ketones (excluding diaryl/α,β-unsaturated/α-hetero) is 1. The van der Waals surface area contributed by atoms with E-state index < -0.39 is 0 Å². The Hall–Kier alpha value is -1.03. The highest BCUT2D eigenvalue weighted by Gasteiger charge is 2.28. The zero-order valence-corrected chi connectivity index (χ0v) is 9.03. The van der Waals surface area contributed by atoms with Gasteiger partial charge in [0, 0.05) is 19.5 Å². The van der Waals surface area contributed by atoms with Crippen molar-refractivity contribution in [2.45, 2.75) is 19.8 Å². The maximum atomic E-state index is 11.5. The highest BCUT2D eigenvalue weighted by Crippen LogP contribution is 2.28. The minimum atomic E-state index is -0.116. The van der Waals surface area contributed by atoms with Crippen LogP contribution in [0.2, 0.25) is 0 Å². The Kier molecular flexibility index (Phi) is 2.95. The summed E-state index contributed by atoms with van der Waals surface area (Å²) >= 11 is 0. The lowest BCUT2D eigenvalue weighted by Crippen LogP contribution is -2.38. The molecular weight excluding hydrogens is 194 g/mol. The average Bonchev–Trinajstić information content (AvgIpc) is 2.24. The summed E-state index contributed by atoms with van der Waals surface area (Å²) in [4.78, 5) is 13.6. The summed E-state index contributed by atoms with van der Waals surface area (Å²) in [5, 5.41) is 9.76. The standard InChI is InChI=1S/C11H17NO3/c1-8-6-9(11(14)10(13)7-8)12-2-4-15-5-3-12/h8,14H,2-7H2,1H3. The predicted molar refractivity (Wildman–Crippen MR) is 55.5 cm³/mol. The number of hydrogen-bond acceptors (Lipinski definition) is 4. The second-order valence-corrected chi connectivity index (χ2v) is 4.33. The molecule has 4 heteroatoms. The number of morpholine rings is 1. The molecule has 1 saturated heterocycles. The molecule has 1 heterocycles. The molecule has 0 bridgehead atoms. The first-order valence-corrected chi connectivity index (χ1v) is 5.46. The number of ketones is 1. The molecule has 0 aromatic rings. The second kappa shape index (κ2) is 4.23. The molecule has 1 aliphatic heterocycles. The molecule has 1 fully saturated rings. The fourth-order valence-electron chi connectivity index (χ4n) is 2.19. The quantitative estimate of drug-likeness (QED) is 0.705. The van der Waals surface area contributed by atoms with Crippen LogP contribution in [-0.4, -0.2) is 42.1 Å². The van der Waals surface area contributed by atoms with Crippen molar-refractivity contribution < 1.29 is 14.6 Å². The number of nitrogens with zero attached hydrogens (tertiary/aromatic N) is 1. The molecule has 0 radical (unpaired) electrons. The fourth-order valence-corrected chi connectivity index (χ4v) is 2.19. The molecule has 1 atom stereocenters. The lowest BCUT2D eigenvalue weighted by Gasteiger charge is -2.34. The van der Waals surface area contributed by atoms with E-state index in [0.29, 0.717) is 25.6 Å². The molecular formula is C11H17NO3. The molecule has 84 valence electrons. The Morgan fingerprint density at radius 1 is 1.33 bits per heavy atom. The monoisotopic (exact) mass is 211 g/mol. The third-order valence-electron chi connectivity index (χ3n) is 3.01. The number of allylic oxidation sites excluding steroid dienone is 2. The predicted octanol–water partition coefficient (Wildman–Crippen LogP) is 1.09. The molecule has 0 spiro atoms. The van der Waals surface area contributed by atoms with Gasteiger partial charge in [-0.05, 0) is 12.3 Å². The van der Waals surface area contributed by atoms with Crippen LogP contribution in [0.15, 0.2) is 11.5 Å². The summed E-state index contributed by atoms with van der Waals surface area (Å²) in [6.45, 7) is 4.96. The molecule has 2 rings (SSSR count). The van der Waals surface area contributed by atoms with Gasteiger partial charge in [0.1, 0.15) is 0 Å². The number of aliphatic hydroxyl groups is 1. The Bertz CT molecular complexity index is 292. The Balaban J connectivity index is 2.17. The van der Waals surface area contributed by atoms with Gasteiger partial charge < -0.3 is 14.7 Å². The summed E-state index contributed by atoms with van der Waals surface area (Å²) in [5.74, 6) is 0.205. The van der Waals surface area contributed by atoms with Crippen LogP contribution in [-0.2, 0) is 9.53 Å². The maximum Gasteiger partial charge on any atom is 0.199 e. The zero-order chi connectivity index (χ0) is 10.8. The van der Waals surface area contributed by atoms with Gasteiger partial charge in [-0.15, -0.1) is 0 Å². The van der Waals surface area contributed by atoms with Crippen molar-refractivity contribution in [2.24, 2.45) is 5.92 Å². The van der Waals surface area contributed by atoms with Crippen molar-refractivity contribution in [3.05, 3.63) is 11.5 Å². The molecule has 0 amide bonds. The van der Waals surface area contributed by atoms with E-state index in [-0.39, 0.29) is 11.5 Å². The van der Waals surface area contributed by atoms with E-state index in [1.165, 1.54) is 0 Å². The number of ether oxygens (including phenoxy) is 1. The lowest BCUT2D eigenvalue weighted by molar-refractivity contribution is -0.119. The van der Waals surface area contributed by atoms with Gasteiger partial charge in [-0.25, -0.2) is 0 Å². The summed E-state index contributed by atoms with van der Waals surface area (Å²) in [6.07, 6.45) is 1.28. The van der Waals surface area contributed by atoms with Gasteiger partial charge in [0.05, 0.1) is 18.9 Å². The van der Waals surface area contributed by atoms with Crippen LogP contribution in [0.1, 0.15) is 19.8 Å². The van der Waals surface area contributed by atoms with Crippen LogP contribution in [0.4, 0.5) is 0 Å². The van der Waals surface area contributed by atoms with Crippen molar-refractivity contribution in [3.63, 3.8) is 0 Å². The number of hydrogen-bond donors (Lipinski definition) is 1. The smallest absolute Gasteiger partial charge is 0.199 e. The normalized spacial score (nSPS) is 28.5. The molecule has 1 N–H and O–H groups in total. The van der Waals surface area contributed by atoms with Crippen LogP contribution in [0.25, 0.3) is 0 Å². The molecule has 2 aliphatic rings. The highest BCUT2D eigenvalue weighted by molar-refractivity contribution is 5.94. The molecule has 0 saturated carbocycles. The van der Waals surface area contributed by atoms with Gasteiger partial charge in [0.2, 0.25) is 0 Å². The fraction of sp³-hybridized carbons (Fsp3) is 0.727. The number of carbonyl (C=O) groups is 1. The third-order valence-corrected chi connectivity index (χ3v) is 3.01. The van der Waals surface area contributed by atoms with Crippen LogP contribution in [0, 0.1) is 5.92 Å².